The average Bonchev–Trinajstić information content (AvgIpc) is 2.48. The Bertz CT molecular complexity index is 451. The molecular formula is C15H20N2O2. The number of hydrogen-bond acceptors (Lipinski definition) is 3. The van der Waals surface area contributed by atoms with Crippen LogP contribution in [0.2, 0.25) is 0 Å². The molecule has 2 heterocycles. The summed E-state index contributed by atoms with van der Waals surface area (Å²) < 4.78 is 0. The zero-order chi connectivity index (χ0) is 13.5. The minimum atomic E-state index is -0.250. The fourth-order valence-corrected chi connectivity index (χ4v) is 2.72. The molecular weight excluding hydrogens is 240 g/mol. The van der Waals surface area contributed by atoms with Gasteiger partial charge < -0.3 is 10.0 Å². The Morgan fingerprint density at radius 1 is 1.21 bits per heavy atom. The highest BCUT2D eigenvalue weighted by Crippen LogP contribution is 2.29. The van der Waals surface area contributed by atoms with E-state index in [-0.39, 0.29) is 6.47 Å². The van der Waals surface area contributed by atoms with Gasteiger partial charge in [-0.2, -0.15) is 0 Å². The second-order valence-corrected chi connectivity index (χ2v) is 4.83. The molecule has 3 rings (SSSR count). The van der Waals surface area contributed by atoms with E-state index in [1.165, 1.54) is 49.2 Å². The molecule has 1 aliphatic carbocycles. The van der Waals surface area contributed by atoms with E-state index < -0.39 is 0 Å². The van der Waals surface area contributed by atoms with Crippen LogP contribution in [-0.2, 0) is 11.2 Å². The molecule has 1 aromatic heterocycles. The monoisotopic (exact) mass is 260 g/mol. The Hall–Kier alpha value is -1.84. The zero-order valence-electron chi connectivity index (χ0n) is 11.1. The summed E-state index contributed by atoms with van der Waals surface area (Å²) in [4.78, 5) is 15.3. The highest BCUT2D eigenvalue weighted by molar-refractivity contribution is 5.71. The molecule has 1 aliphatic heterocycles. The molecule has 4 heteroatoms. The molecule has 0 aromatic carbocycles. The summed E-state index contributed by atoms with van der Waals surface area (Å²) in [7, 11) is 0. The van der Waals surface area contributed by atoms with Crippen LogP contribution >= 0.6 is 0 Å². The van der Waals surface area contributed by atoms with Gasteiger partial charge in [0.25, 0.3) is 6.47 Å². The van der Waals surface area contributed by atoms with Crippen molar-refractivity contribution in [2.75, 3.05) is 18.0 Å². The van der Waals surface area contributed by atoms with Gasteiger partial charge in [0.15, 0.2) is 0 Å². The lowest BCUT2D eigenvalue weighted by atomic mass is 9.97. The summed E-state index contributed by atoms with van der Waals surface area (Å²) >= 11 is 0. The summed E-state index contributed by atoms with van der Waals surface area (Å²) in [5, 5.41) is 6.89. The first-order valence-corrected chi connectivity index (χ1v) is 6.83. The fraction of sp³-hybridized carbons (Fsp3) is 0.467. The summed E-state index contributed by atoms with van der Waals surface area (Å²) in [5.74, 6) is 0. The van der Waals surface area contributed by atoms with Crippen molar-refractivity contribution in [2.24, 2.45) is 0 Å². The van der Waals surface area contributed by atoms with Crippen LogP contribution in [0.25, 0.3) is 6.08 Å². The topological polar surface area (TPSA) is 53.4 Å². The lowest BCUT2D eigenvalue weighted by molar-refractivity contribution is -0.122. The first-order chi connectivity index (χ1) is 9.36. The number of carboxylic acid groups (broad SMARTS) is 1. The van der Waals surface area contributed by atoms with Crippen LogP contribution in [-0.4, -0.2) is 29.7 Å². The highest BCUT2D eigenvalue weighted by atomic mass is 16.3. The third kappa shape index (κ3) is 3.34. The summed E-state index contributed by atoms with van der Waals surface area (Å²) in [5.41, 5.74) is 4.20. The predicted molar refractivity (Wildman–Crippen MR) is 76.3 cm³/mol. The standard InChI is InChI=1S/C14H18N2.CH2O2/c1-4-8-16(9-5-1)14-11-15-10-12-6-2-3-7-13(12)14;2-1-3/h3,7,10-11H,1-2,4-6,8-9H2;1H,(H,2,3). The number of aromatic nitrogens is 1. The molecule has 0 bridgehead atoms. The number of fused-ring (bicyclic) bond motifs is 1. The minimum Gasteiger partial charge on any atom is -0.483 e. The van der Waals surface area contributed by atoms with Crippen molar-refractivity contribution >= 4 is 18.2 Å². The number of pyridine rings is 1. The van der Waals surface area contributed by atoms with Crippen LogP contribution in [0.1, 0.15) is 36.8 Å². The maximum atomic E-state index is 8.36. The molecule has 0 saturated carbocycles. The molecule has 1 aromatic rings. The molecule has 1 saturated heterocycles. The van der Waals surface area contributed by atoms with Crippen molar-refractivity contribution in [1.82, 2.24) is 4.98 Å². The van der Waals surface area contributed by atoms with Gasteiger partial charge in [-0.1, -0.05) is 12.2 Å². The second-order valence-electron chi connectivity index (χ2n) is 4.83. The predicted octanol–water partition coefficient (Wildman–Crippen LogP) is 2.73. The van der Waals surface area contributed by atoms with E-state index in [9.17, 15) is 0 Å². The molecule has 0 spiro atoms. The van der Waals surface area contributed by atoms with Gasteiger partial charge in [0.05, 0.1) is 11.9 Å². The molecule has 19 heavy (non-hydrogen) atoms. The number of rotatable bonds is 1. The molecule has 0 atom stereocenters. The lowest BCUT2D eigenvalue weighted by Gasteiger charge is -2.31. The molecule has 0 amide bonds. The van der Waals surface area contributed by atoms with Crippen LogP contribution in [0.5, 0.6) is 0 Å². The molecule has 4 nitrogen and oxygen atoms in total. The van der Waals surface area contributed by atoms with Gasteiger partial charge in [0.2, 0.25) is 0 Å². The number of aryl methyl sites for hydroxylation is 1. The van der Waals surface area contributed by atoms with Crippen LogP contribution in [0.15, 0.2) is 18.5 Å². The molecule has 0 radical (unpaired) electrons. The van der Waals surface area contributed by atoms with Crippen LogP contribution in [0, 0.1) is 0 Å². The van der Waals surface area contributed by atoms with Gasteiger partial charge in [-0.25, -0.2) is 0 Å². The van der Waals surface area contributed by atoms with Gasteiger partial charge in [-0.3, -0.25) is 9.78 Å². The van der Waals surface area contributed by atoms with Gasteiger partial charge in [0.1, 0.15) is 0 Å². The van der Waals surface area contributed by atoms with E-state index in [1.54, 1.807) is 0 Å². The minimum absolute atomic E-state index is 0.250. The van der Waals surface area contributed by atoms with E-state index in [0.717, 1.165) is 12.8 Å². The Morgan fingerprint density at radius 2 is 1.95 bits per heavy atom. The quantitative estimate of drug-likeness (QED) is 0.789. The van der Waals surface area contributed by atoms with Crippen LogP contribution < -0.4 is 4.90 Å². The van der Waals surface area contributed by atoms with E-state index in [0.29, 0.717) is 0 Å². The number of piperidine rings is 1. The first kappa shape index (κ1) is 13.6. The second kappa shape index (κ2) is 6.92. The summed E-state index contributed by atoms with van der Waals surface area (Å²) in [6.07, 6.45) is 15.0. The van der Waals surface area contributed by atoms with E-state index in [2.05, 4.69) is 22.0 Å². The van der Waals surface area contributed by atoms with E-state index >= 15 is 0 Å². The number of allylic oxidation sites excluding steroid dienone is 1. The Balaban J connectivity index is 0.000000408. The van der Waals surface area contributed by atoms with Crippen molar-refractivity contribution in [2.45, 2.75) is 32.1 Å². The normalized spacial score (nSPS) is 17.2. The van der Waals surface area contributed by atoms with Crippen molar-refractivity contribution in [1.29, 1.82) is 0 Å². The van der Waals surface area contributed by atoms with Crippen molar-refractivity contribution in [3.05, 3.63) is 29.6 Å². The number of anilines is 1. The first-order valence-electron chi connectivity index (χ1n) is 6.83. The van der Waals surface area contributed by atoms with Crippen molar-refractivity contribution in [3.63, 3.8) is 0 Å². The number of nitrogens with zero attached hydrogens (tertiary/aromatic N) is 2. The summed E-state index contributed by atoms with van der Waals surface area (Å²) in [6, 6.07) is 0. The molecule has 102 valence electrons. The zero-order valence-corrected chi connectivity index (χ0v) is 11.1. The number of carbonyl (C=O) groups is 1. The van der Waals surface area contributed by atoms with Crippen molar-refractivity contribution in [3.8, 4) is 0 Å². The van der Waals surface area contributed by atoms with Crippen LogP contribution in [0.3, 0.4) is 0 Å². The molecule has 1 N–H and O–H groups in total. The fourth-order valence-electron chi connectivity index (χ4n) is 2.72. The Labute approximate surface area is 113 Å². The lowest BCUT2D eigenvalue weighted by Crippen LogP contribution is -2.30. The Morgan fingerprint density at radius 3 is 2.68 bits per heavy atom. The third-order valence-corrected chi connectivity index (χ3v) is 3.61. The maximum Gasteiger partial charge on any atom is 0.290 e. The molecule has 2 aliphatic rings. The van der Waals surface area contributed by atoms with E-state index in [1.807, 2.05) is 12.4 Å². The highest BCUT2D eigenvalue weighted by Gasteiger charge is 2.16. The largest absolute Gasteiger partial charge is 0.483 e. The third-order valence-electron chi connectivity index (χ3n) is 3.61. The Kier molecular flexibility index (Phi) is 4.95. The van der Waals surface area contributed by atoms with Gasteiger partial charge in [0, 0.05) is 24.8 Å². The van der Waals surface area contributed by atoms with E-state index in [4.69, 9.17) is 9.90 Å². The molecule has 1 fully saturated rings. The molecule has 0 unspecified atom stereocenters. The van der Waals surface area contributed by atoms with Crippen LogP contribution in [0.4, 0.5) is 5.69 Å². The average molecular weight is 260 g/mol. The maximum absolute atomic E-state index is 8.36. The smallest absolute Gasteiger partial charge is 0.290 e. The SMILES string of the molecule is C1=Cc2c(cncc2N2CCCCC2)CC1.O=CO. The van der Waals surface area contributed by atoms with Gasteiger partial charge >= 0.3 is 0 Å². The van der Waals surface area contributed by atoms with Crippen molar-refractivity contribution < 1.29 is 9.90 Å². The van der Waals surface area contributed by atoms with Gasteiger partial charge in [-0.15, -0.1) is 0 Å². The van der Waals surface area contributed by atoms with Gasteiger partial charge in [-0.05, 0) is 37.7 Å². The summed E-state index contributed by atoms with van der Waals surface area (Å²) in [6.45, 7) is 2.15. The number of hydrogen-bond donors (Lipinski definition) is 1.